The molecule has 1 aliphatic rings. The molecule has 0 bridgehead atoms. The Bertz CT molecular complexity index is 858. The lowest BCUT2D eigenvalue weighted by Crippen LogP contribution is -2.33. The second-order valence-electron chi connectivity index (χ2n) is 8.16. The summed E-state index contributed by atoms with van der Waals surface area (Å²) in [5, 5.41) is 0. The molecule has 2 aromatic carbocycles. The summed E-state index contributed by atoms with van der Waals surface area (Å²) in [5.41, 5.74) is 4.53. The molecule has 1 aliphatic carbocycles. The third-order valence-corrected chi connectivity index (χ3v) is 7.07. The van der Waals surface area contributed by atoms with Gasteiger partial charge >= 0.3 is 0 Å². The fourth-order valence-electron chi connectivity index (χ4n) is 4.51. The number of aryl methyl sites for hydroxylation is 3. The van der Waals surface area contributed by atoms with Crippen molar-refractivity contribution in [2.75, 3.05) is 12.9 Å². The first-order chi connectivity index (χ1) is 14.5. The van der Waals surface area contributed by atoms with Gasteiger partial charge in [0.15, 0.2) is 0 Å². The molecular formula is C26H32O3S. The van der Waals surface area contributed by atoms with Gasteiger partial charge in [-0.3, -0.25) is 9.59 Å². The van der Waals surface area contributed by atoms with Crippen LogP contribution >= 0.6 is 11.8 Å². The molecule has 0 saturated heterocycles. The van der Waals surface area contributed by atoms with Crippen LogP contribution in [0.15, 0.2) is 41.3 Å². The van der Waals surface area contributed by atoms with Gasteiger partial charge in [0.1, 0.15) is 23.2 Å². The monoisotopic (exact) mass is 424 g/mol. The molecule has 0 unspecified atom stereocenters. The van der Waals surface area contributed by atoms with Gasteiger partial charge in [-0.05, 0) is 78.8 Å². The van der Waals surface area contributed by atoms with Crippen LogP contribution in [0.2, 0.25) is 0 Å². The van der Waals surface area contributed by atoms with Gasteiger partial charge in [0.2, 0.25) is 0 Å². The Morgan fingerprint density at radius 1 is 0.967 bits per heavy atom. The average Bonchev–Trinajstić information content (AvgIpc) is 2.74. The largest absolute Gasteiger partial charge is 0.497 e. The van der Waals surface area contributed by atoms with E-state index in [2.05, 4.69) is 32.9 Å². The molecule has 0 atom stereocenters. The number of hydrogen-bond acceptors (Lipinski definition) is 4. The summed E-state index contributed by atoms with van der Waals surface area (Å²) in [6.45, 7) is 6.30. The minimum Gasteiger partial charge on any atom is -0.497 e. The lowest BCUT2D eigenvalue weighted by Gasteiger charge is -2.29. The predicted octanol–water partition coefficient (Wildman–Crippen LogP) is 5.94. The molecule has 0 spiro atoms. The van der Waals surface area contributed by atoms with Crippen molar-refractivity contribution >= 4 is 23.3 Å². The van der Waals surface area contributed by atoms with Crippen molar-refractivity contribution in [1.82, 2.24) is 0 Å². The van der Waals surface area contributed by atoms with E-state index in [9.17, 15) is 9.59 Å². The van der Waals surface area contributed by atoms with E-state index in [1.165, 1.54) is 10.5 Å². The number of ketones is 2. The van der Waals surface area contributed by atoms with Crippen molar-refractivity contribution in [3.05, 3.63) is 58.7 Å². The first-order valence-electron chi connectivity index (χ1n) is 10.9. The van der Waals surface area contributed by atoms with E-state index in [1.807, 2.05) is 24.3 Å². The SMILES string of the molecule is CCc1cc(C)cc(CC)c1C1C(=O)CC(CCSc2ccc(OC)cc2)CC1=O. The highest BCUT2D eigenvalue weighted by Crippen LogP contribution is 2.37. The molecule has 1 saturated carbocycles. The van der Waals surface area contributed by atoms with Crippen molar-refractivity contribution < 1.29 is 14.3 Å². The molecule has 2 aromatic rings. The second-order valence-corrected chi connectivity index (χ2v) is 9.32. The van der Waals surface area contributed by atoms with E-state index in [0.717, 1.165) is 47.5 Å². The average molecular weight is 425 g/mol. The molecular weight excluding hydrogens is 392 g/mol. The third kappa shape index (κ3) is 5.15. The molecule has 3 nitrogen and oxygen atoms in total. The van der Waals surface area contributed by atoms with Crippen LogP contribution in [0.25, 0.3) is 0 Å². The molecule has 160 valence electrons. The highest BCUT2D eigenvalue weighted by Gasteiger charge is 2.38. The van der Waals surface area contributed by atoms with Crippen molar-refractivity contribution in [3.63, 3.8) is 0 Å². The molecule has 3 rings (SSSR count). The molecule has 30 heavy (non-hydrogen) atoms. The van der Waals surface area contributed by atoms with Crippen LogP contribution in [0.3, 0.4) is 0 Å². The molecule has 0 amide bonds. The molecule has 0 aliphatic heterocycles. The number of ether oxygens (including phenoxy) is 1. The molecule has 1 fully saturated rings. The van der Waals surface area contributed by atoms with Gasteiger partial charge in [-0.25, -0.2) is 0 Å². The Kier molecular flexibility index (Phi) is 7.76. The maximum absolute atomic E-state index is 13.1. The zero-order chi connectivity index (χ0) is 21.7. The summed E-state index contributed by atoms with van der Waals surface area (Å²) in [4.78, 5) is 27.4. The number of carbonyl (C=O) groups excluding carboxylic acids is 2. The summed E-state index contributed by atoms with van der Waals surface area (Å²) < 4.78 is 5.19. The van der Waals surface area contributed by atoms with Crippen LogP contribution in [0.1, 0.15) is 61.3 Å². The standard InChI is InChI=1S/C26H32O3S/c1-5-19-13-17(3)14-20(6-2)25(19)26-23(27)15-18(16-24(26)28)11-12-30-22-9-7-21(29-4)8-10-22/h7-10,13-14,18,26H,5-6,11-12,15-16H2,1-4H3. The van der Waals surface area contributed by atoms with Crippen LogP contribution in [-0.2, 0) is 22.4 Å². The van der Waals surface area contributed by atoms with Crippen LogP contribution in [0.5, 0.6) is 5.75 Å². The van der Waals surface area contributed by atoms with Gasteiger partial charge in [-0.15, -0.1) is 11.8 Å². The summed E-state index contributed by atoms with van der Waals surface area (Å²) in [7, 11) is 1.66. The Morgan fingerprint density at radius 2 is 1.53 bits per heavy atom. The first kappa shape index (κ1) is 22.6. The Morgan fingerprint density at radius 3 is 2.03 bits per heavy atom. The lowest BCUT2D eigenvalue weighted by molar-refractivity contribution is -0.133. The molecule has 0 radical (unpaired) electrons. The number of hydrogen-bond donors (Lipinski definition) is 0. The van der Waals surface area contributed by atoms with Crippen molar-refractivity contribution in [1.29, 1.82) is 0 Å². The minimum absolute atomic E-state index is 0.110. The summed E-state index contributed by atoms with van der Waals surface area (Å²) in [6, 6.07) is 12.3. The van der Waals surface area contributed by atoms with E-state index >= 15 is 0 Å². The van der Waals surface area contributed by atoms with E-state index in [4.69, 9.17) is 4.74 Å². The van der Waals surface area contributed by atoms with Gasteiger partial charge in [0, 0.05) is 17.7 Å². The topological polar surface area (TPSA) is 43.4 Å². The highest BCUT2D eigenvalue weighted by atomic mass is 32.2. The van der Waals surface area contributed by atoms with Crippen molar-refractivity contribution in [2.45, 2.75) is 63.7 Å². The van der Waals surface area contributed by atoms with Gasteiger partial charge in [-0.2, -0.15) is 0 Å². The first-order valence-corrected chi connectivity index (χ1v) is 11.9. The van der Waals surface area contributed by atoms with E-state index in [0.29, 0.717) is 12.8 Å². The third-order valence-electron chi connectivity index (χ3n) is 6.02. The Labute approximate surface area is 184 Å². The van der Waals surface area contributed by atoms with Crippen LogP contribution in [0, 0.1) is 12.8 Å². The summed E-state index contributed by atoms with van der Waals surface area (Å²) >= 11 is 1.77. The smallest absolute Gasteiger partial charge is 0.148 e. The lowest BCUT2D eigenvalue weighted by atomic mass is 9.73. The zero-order valence-electron chi connectivity index (χ0n) is 18.5. The van der Waals surface area contributed by atoms with Gasteiger partial charge < -0.3 is 4.74 Å². The highest BCUT2D eigenvalue weighted by molar-refractivity contribution is 7.99. The fourth-order valence-corrected chi connectivity index (χ4v) is 5.52. The number of carbonyl (C=O) groups is 2. The van der Waals surface area contributed by atoms with E-state index < -0.39 is 5.92 Å². The maximum atomic E-state index is 13.1. The second kappa shape index (κ2) is 10.3. The quantitative estimate of drug-likeness (QED) is 0.388. The van der Waals surface area contributed by atoms with Crippen LogP contribution in [-0.4, -0.2) is 24.4 Å². The Balaban J connectivity index is 1.66. The van der Waals surface area contributed by atoms with E-state index in [-0.39, 0.29) is 17.5 Å². The minimum atomic E-state index is -0.555. The fraction of sp³-hybridized carbons (Fsp3) is 0.462. The van der Waals surface area contributed by atoms with Gasteiger partial charge in [-0.1, -0.05) is 31.5 Å². The summed E-state index contributed by atoms with van der Waals surface area (Å²) in [6.07, 6.45) is 3.61. The number of thioether (sulfide) groups is 1. The zero-order valence-corrected chi connectivity index (χ0v) is 19.3. The van der Waals surface area contributed by atoms with Gasteiger partial charge in [0.05, 0.1) is 7.11 Å². The number of Topliss-reactive ketones (excluding diaryl/α,β-unsaturated/α-hetero) is 2. The molecule has 4 heteroatoms. The number of methoxy groups -OCH3 is 1. The van der Waals surface area contributed by atoms with Crippen molar-refractivity contribution in [3.8, 4) is 5.75 Å². The van der Waals surface area contributed by atoms with Crippen LogP contribution < -0.4 is 4.74 Å². The normalized spacial score (nSPS) is 19.2. The molecule has 0 heterocycles. The summed E-state index contributed by atoms with van der Waals surface area (Å²) in [5.74, 6) is 1.59. The number of rotatable bonds is 8. The van der Waals surface area contributed by atoms with Crippen LogP contribution in [0.4, 0.5) is 0 Å². The molecule has 0 N–H and O–H groups in total. The Hall–Kier alpha value is -2.07. The maximum Gasteiger partial charge on any atom is 0.148 e. The molecule has 0 aromatic heterocycles. The predicted molar refractivity (Wildman–Crippen MR) is 124 cm³/mol. The van der Waals surface area contributed by atoms with Crippen molar-refractivity contribution in [2.24, 2.45) is 5.92 Å². The van der Waals surface area contributed by atoms with Gasteiger partial charge in [0.25, 0.3) is 0 Å². The number of benzene rings is 2. The van der Waals surface area contributed by atoms with E-state index in [1.54, 1.807) is 18.9 Å².